The Kier molecular flexibility index (Phi) is 6.02. The molecule has 0 aliphatic carbocycles. The predicted molar refractivity (Wildman–Crippen MR) is 56.0 cm³/mol. The zero-order valence-electron chi connectivity index (χ0n) is 7.64. The van der Waals surface area contributed by atoms with Gasteiger partial charge in [0.25, 0.3) is 0 Å². The molecule has 1 aromatic rings. The summed E-state index contributed by atoms with van der Waals surface area (Å²) in [6, 6.07) is 0.846. The molecule has 0 aromatic heterocycles. The molecule has 1 nitrogen and oxygen atoms in total. The average Bonchev–Trinajstić information content (AvgIpc) is 2.14. The van der Waals surface area contributed by atoms with E-state index in [0.29, 0.717) is 6.07 Å². The van der Waals surface area contributed by atoms with Crippen LogP contribution in [0.15, 0.2) is 12.1 Å². The molecule has 0 spiro atoms. The molecule has 86 valence electrons. The lowest BCUT2D eigenvalue weighted by molar-refractivity contribution is 0.488. The molecule has 0 saturated heterocycles. The third-order valence-electron chi connectivity index (χ3n) is 1.77. The second-order valence-electron chi connectivity index (χ2n) is 2.98. The zero-order valence-corrected chi connectivity index (χ0v) is 9.22. The van der Waals surface area contributed by atoms with Crippen LogP contribution in [0, 0.1) is 17.5 Å². The van der Waals surface area contributed by atoms with Crippen LogP contribution in [0.25, 0.3) is 0 Å². The average molecular weight is 260 g/mol. The van der Waals surface area contributed by atoms with Gasteiger partial charge in [-0.2, -0.15) is 0 Å². The maximum Gasteiger partial charge on any atom is 0.161 e. The molecule has 1 atom stereocenters. The first-order chi connectivity index (χ1) is 6.54. The van der Waals surface area contributed by atoms with Crippen molar-refractivity contribution in [2.24, 2.45) is 5.73 Å². The van der Waals surface area contributed by atoms with Gasteiger partial charge in [0.1, 0.15) is 5.82 Å². The second kappa shape index (κ2) is 6.20. The van der Waals surface area contributed by atoms with E-state index in [1.807, 2.05) is 0 Å². The highest BCUT2D eigenvalue weighted by molar-refractivity contribution is 6.18. The van der Waals surface area contributed by atoms with Gasteiger partial charge in [0, 0.05) is 18.0 Å². The molecule has 0 radical (unpaired) electrons. The van der Waals surface area contributed by atoms with Gasteiger partial charge >= 0.3 is 0 Å². The van der Waals surface area contributed by atoms with Gasteiger partial charge in [-0.1, -0.05) is 0 Å². The van der Waals surface area contributed by atoms with Crippen molar-refractivity contribution in [2.45, 2.75) is 12.5 Å². The summed E-state index contributed by atoms with van der Waals surface area (Å²) in [5.74, 6) is -2.95. The molecule has 0 amide bonds. The molecular formula is C9H10Cl2F3N. The summed E-state index contributed by atoms with van der Waals surface area (Å²) >= 11 is 5.41. The Morgan fingerprint density at radius 1 is 1.13 bits per heavy atom. The summed E-state index contributed by atoms with van der Waals surface area (Å²) in [4.78, 5) is 0. The lowest BCUT2D eigenvalue weighted by atomic mass is 10.1. The third-order valence-corrected chi connectivity index (χ3v) is 2.17. The molecule has 0 fully saturated rings. The first kappa shape index (κ1) is 14.6. The maximum absolute atomic E-state index is 13.0. The Labute approximate surface area is 96.8 Å². The van der Waals surface area contributed by atoms with Crippen molar-refractivity contribution < 1.29 is 13.2 Å². The molecule has 0 saturated carbocycles. The minimum Gasteiger partial charge on any atom is -0.326 e. The number of nitrogens with two attached hydrogens (primary N) is 1. The van der Waals surface area contributed by atoms with Crippen LogP contribution in [0.4, 0.5) is 13.2 Å². The number of hydrogen-bond donors (Lipinski definition) is 1. The summed E-state index contributed by atoms with van der Waals surface area (Å²) in [5, 5.41) is 0. The SMILES string of the molecule is Cl.N[C@@H](CCl)Cc1cc(F)c(F)cc1F. The van der Waals surface area contributed by atoms with E-state index in [0.717, 1.165) is 6.07 Å². The molecule has 0 unspecified atom stereocenters. The topological polar surface area (TPSA) is 26.0 Å². The van der Waals surface area contributed by atoms with Crippen molar-refractivity contribution in [3.8, 4) is 0 Å². The number of hydrogen-bond acceptors (Lipinski definition) is 1. The van der Waals surface area contributed by atoms with Crippen molar-refractivity contribution >= 4 is 24.0 Å². The van der Waals surface area contributed by atoms with Crippen LogP contribution in [-0.2, 0) is 6.42 Å². The number of halogens is 5. The van der Waals surface area contributed by atoms with E-state index in [-0.39, 0.29) is 30.3 Å². The fourth-order valence-electron chi connectivity index (χ4n) is 1.06. The lowest BCUT2D eigenvalue weighted by Crippen LogP contribution is -2.25. The number of alkyl halides is 1. The molecule has 0 aliphatic heterocycles. The molecule has 0 heterocycles. The third kappa shape index (κ3) is 3.89. The lowest BCUT2D eigenvalue weighted by Gasteiger charge is -2.08. The molecule has 2 N–H and O–H groups in total. The van der Waals surface area contributed by atoms with E-state index in [9.17, 15) is 13.2 Å². The summed E-state index contributed by atoms with van der Waals surface area (Å²) < 4.78 is 38.2. The van der Waals surface area contributed by atoms with Crippen LogP contribution in [0.5, 0.6) is 0 Å². The van der Waals surface area contributed by atoms with Crippen LogP contribution in [-0.4, -0.2) is 11.9 Å². The van der Waals surface area contributed by atoms with Crippen molar-refractivity contribution in [3.63, 3.8) is 0 Å². The standard InChI is InChI=1S/C9H9ClF3N.ClH/c10-4-6(14)1-5-2-8(12)9(13)3-7(5)11;/h2-3,6H,1,4,14H2;1H/t6-;/m1./s1. The normalized spacial score (nSPS) is 12.1. The van der Waals surface area contributed by atoms with Crippen LogP contribution in [0.1, 0.15) is 5.56 Å². The molecule has 0 bridgehead atoms. The van der Waals surface area contributed by atoms with Crippen molar-refractivity contribution in [2.75, 3.05) is 5.88 Å². The van der Waals surface area contributed by atoms with Crippen LogP contribution in [0.2, 0.25) is 0 Å². The Bertz CT molecular complexity index is 333. The Morgan fingerprint density at radius 3 is 2.20 bits per heavy atom. The Morgan fingerprint density at radius 2 is 1.67 bits per heavy atom. The minimum atomic E-state index is -1.20. The monoisotopic (exact) mass is 259 g/mol. The predicted octanol–water partition coefficient (Wildman–Crippen LogP) is 2.63. The molecular weight excluding hydrogens is 250 g/mol. The second-order valence-corrected chi connectivity index (χ2v) is 3.28. The zero-order chi connectivity index (χ0) is 10.7. The van der Waals surface area contributed by atoms with Gasteiger partial charge in [0.15, 0.2) is 11.6 Å². The van der Waals surface area contributed by atoms with E-state index in [1.54, 1.807) is 0 Å². The number of benzene rings is 1. The van der Waals surface area contributed by atoms with Crippen LogP contribution >= 0.6 is 24.0 Å². The maximum atomic E-state index is 13.0. The van der Waals surface area contributed by atoms with Gasteiger partial charge in [-0.15, -0.1) is 24.0 Å². The van der Waals surface area contributed by atoms with Crippen molar-refractivity contribution in [1.29, 1.82) is 0 Å². The highest BCUT2D eigenvalue weighted by atomic mass is 35.5. The Hall–Kier alpha value is -0.450. The summed E-state index contributed by atoms with van der Waals surface area (Å²) in [7, 11) is 0. The molecule has 15 heavy (non-hydrogen) atoms. The molecule has 0 aliphatic rings. The van der Waals surface area contributed by atoms with E-state index in [4.69, 9.17) is 17.3 Å². The van der Waals surface area contributed by atoms with Gasteiger partial charge in [-0.3, -0.25) is 0 Å². The van der Waals surface area contributed by atoms with Crippen LogP contribution < -0.4 is 5.73 Å². The molecule has 1 aromatic carbocycles. The quantitative estimate of drug-likeness (QED) is 0.656. The van der Waals surface area contributed by atoms with Gasteiger partial charge in [-0.05, 0) is 18.1 Å². The Balaban J connectivity index is 0.00000196. The fourth-order valence-corrected chi connectivity index (χ4v) is 1.17. The van der Waals surface area contributed by atoms with E-state index >= 15 is 0 Å². The van der Waals surface area contributed by atoms with Crippen molar-refractivity contribution in [1.82, 2.24) is 0 Å². The van der Waals surface area contributed by atoms with Gasteiger partial charge in [0.2, 0.25) is 0 Å². The van der Waals surface area contributed by atoms with Gasteiger partial charge < -0.3 is 5.73 Å². The number of rotatable bonds is 3. The van der Waals surface area contributed by atoms with Crippen LogP contribution in [0.3, 0.4) is 0 Å². The highest BCUT2D eigenvalue weighted by Crippen LogP contribution is 2.15. The van der Waals surface area contributed by atoms with E-state index in [1.165, 1.54) is 0 Å². The summed E-state index contributed by atoms with van der Waals surface area (Å²) in [5.41, 5.74) is 5.49. The molecule has 1 rings (SSSR count). The van der Waals surface area contributed by atoms with E-state index in [2.05, 4.69) is 0 Å². The summed E-state index contributed by atoms with van der Waals surface area (Å²) in [6.07, 6.45) is 0.0898. The fraction of sp³-hybridized carbons (Fsp3) is 0.333. The minimum absolute atomic E-state index is 0. The van der Waals surface area contributed by atoms with E-state index < -0.39 is 23.5 Å². The summed E-state index contributed by atoms with van der Waals surface area (Å²) in [6.45, 7) is 0. The van der Waals surface area contributed by atoms with Crippen molar-refractivity contribution in [3.05, 3.63) is 35.1 Å². The largest absolute Gasteiger partial charge is 0.326 e. The first-order valence-corrected chi connectivity index (χ1v) is 4.53. The smallest absolute Gasteiger partial charge is 0.161 e. The first-order valence-electron chi connectivity index (χ1n) is 3.99. The molecule has 6 heteroatoms. The highest BCUT2D eigenvalue weighted by Gasteiger charge is 2.12. The van der Waals surface area contributed by atoms with Gasteiger partial charge in [-0.25, -0.2) is 13.2 Å². The van der Waals surface area contributed by atoms with Gasteiger partial charge in [0.05, 0.1) is 0 Å².